The number of ether oxygens (including phenoxy) is 2. The first-order valence-electron chi connectivity index (χ1n) is 11.7. The van der Waals surface area contributed by atoms with Gasteiger partial charge in [0, 0.05) is 44.1 Å². The fourth-order valence-electron chi connectivity index (χ4n) is 4.08. The van der Waals surface area contributed by atoms with E-state index in [9.17, 15) is 13.2 Å². The molecular weight excluding hydrogens is 473 g/mol. The summed E-state index contributed by atoms with van der Waals surface area (Å²) in [6.45, 7) is 10.5. The van der Waals surface area contributed by atoms with Gasteiger partial charge in [0.15, 0.2) is 0 Å². The van der Waals surface area contributed by atoms with Gasteiger partial charge in [-0.3, -0.25) is 0 Å². The summed E-state index contributed by atoms with van der Waals surface area (Å²) in [6.07, 6.45) is -4.75. The van der Waals surface area contributed by atoms with E-state index in [1.807, 2.05) is 38.1 Å². The van der Waals surface area contributed by atoms with Crippen LogP contribution in [0.15, 0.2) is 48.5 Å². The average Bonchev–Trinajstić information content (AvgIpc) is 3.19. The first-order chi connectivity index (χ1) is 17.0. The quantitative estimate of drug-likeness (QED) is 0.467. The third-order valence-electron chi connectivity index (χ3n) is 5.64. The summed E-state index contributed by atoms with van der Waals surface area (Å²) in [5, 5.41) is 7.54. The standard InChI is InChI=1S/C23H27F3N6O2.C2H6/c1-22(2)15-31(12-13-32(22)17-8-10-18(33-4)11-9-17)21-28-20(30(3)29-21)27-16-6-5-7-19(14-16)34-23(24,25)26;1-2/h5-11,14H,12-13,15H2,1-4H3,(H,27,28,29);1-2H3. The van der Waals surface area contributed by atoms with Crippen molar-refractivity contribution in [1.29, 1.82) is 0 Å². The van der Waals surface area contributed by atoms with Crippen molar-refractivity contribution in [1.82, 2.24) is 14.8 Å². The molecule has 1 aromatic heterocycles. The van der Waals surface area contributed by atoms with Crippen molar-refractivity contribution in [3.8, 4) is 11.5 Å². The SMILES string of the molecule is CC.COc1ccc(N2CCN(c3nc(Nc4cccc(OC(F)(F)F)c4)n(C)n3)CC2(C)C)cc1. The zero-order valence-electron chi connectivity index (χ0n) is 21.4. The molecule has 0 atom stereocenters. The Hall–Kier alpha value is -3.63. The van der Waals surface area contributed by atoms with E-state index >= 15 is 0 Å². The van der Waals surface area contributed by atoms with Gasteiger partial charge in [0.1, 0.15) is 11.5 Å². The molecular formula is C25H33F3N6O2. The van der Waals surface area contributed by atoms with Crippen LogP contribution < -0.4 is 24.6 Å². The van der Waals surface area contributed by atoms with Gasteiger partial charge in [0.2, 0.25) is 11.9 Å². The van der Waals surface area contributed by atoms with E-state index < -0.39 is 6.36 Å². The van der Waals surface area contributed by atoms with Gasteiger partial charge < -0.3 is 24.6 Å². The molecule has 0 amide bonds. The van der Waals surface area contributed by atoms with Crippen LogP contribution in [0.5, 0.6) is 11.5 Å². The highest BCUT2D eigenvalue weighted by Gasteiger charge is 2.35. The van der Waals surface area contributed by atoms with Crippen LogP contribution >= 0.6 is 0 Å². The van der Waals surface area contributed by atoms with Gasteiger partial charge in [0.25, 0.3) is 0 Å². The molecule has 2 aromatic carbocycles. The molecule has 1 N–H and O–H groups in total. The molecule has 0 aliphatic carbocycles. The molecule has 36 heavy (non-hydrogen) atoms. The highest BCUT2D eigenvalue weighted by Crippen LogP contribution is 2.31. The molecule has 1 fully saturated rings. The van der Waals surface area contributed by atoms with E-state index in [1.165, 1.54) is 18.2 Å². The molecule has 0 unspecified atom stereocenters. The summed E-state index contributed by atoms with van der Waals surface area (Å²) in [7, 11) is 3.38. The zero-order valence-corrected chi connectivity index (χ0v) is 21.4. The van der Waals surface area contributed by atoms with Crippen LogP contribution in [0.2, 0.25) is 0 Å². The van der Waals surface area contributed by atoms with Crippen LogP contribution in [0.4, 0.5) is 36.4 Å². The van der Waals surface area contributed by atoms with Crippen molar-refractivity contribution in [2.75, 3.05) is 41.9 Å². The van der Waals surface area contributed by atoms with Crippen molar-refractivity contribution >= 4 is 23.3 Å². The Morgan fingerprint density at radius 3 is 2.31 bits per heavy atom. The molecule has 0 spiro atoms. The van der Waals surface area contributed by atoms with Crippen molar-refractivity contribution in [2.24, 2.45) is 7.05 Å². The number of benzene rings is 2. The summed E-state index contributed by atoms with van der Waals surface area (Å²) in [5.41, 5.74) is 1.33. The van der Waals surface area contributed by atoms with E-state index in [4.69, 9.17) is 4.74 Å². The minimum atomic E-state index is -4.75. The Labute approximate surface area is 209 Å². The fourth-order valence-corrected chi connectivity index (χ4v) is 4.08. The molecule has 0 saturated carbocycles. The second kappa shape index (κ2) is 11.0. The maximum absolute atomic E-state index is 12.5. The highest BCUT2D eigenvalue weighted by atomic mass is 19.4. The molecule has 1 aliphatic rings. The Kier molecular flexibility index (Phi) is 8.21. The van der Waals surface area contributed by atoms with Gasteiger partial charge >= 0.3 is 6.36 Å². The highest BCUT2D eigenvalue weighted by molar-refractivity contribution is 5.58. The van der Waals surface area contributed by atoms with E-state index in [0.717, 1.165) is 18.0 Å². The topological polar surface area (TPSA) is 67.7 Å². The zero-order chi connectivity index (χ0) is 26.5. The number of alkyl halides is 3. The first-order valence-corrected chi connectivity index (χ1v) is 11.7. The molecule has 0 radical (unpaired) electrons. The van der Waals surface area contributed by atoms with Crippen molar-refractivity contribution in [2.45, 2.75) is 39.6 Å². The lowest BCUT2D eigenvalue weighted by atomic mass is 9.98. The van der Waals surface area contributed by atoms with Crippen molar-refractivity contribution in [3.05, 3.63) is 48.5 Å². The number of aromatic nitrogens is 3. The number of hydrogen-bond donors (Lipinski definition) is 1. The number of halogens is 3. The number of anilines is 4. The summed E-state index contributed by atoms with van der Waals surface area (Å²) < 4.78 is 48.4. The monoisotopic (exact) mass is 506 g/mol. The molecule has 2 heterocycles. The molecule has 1 saturated heterocycles. The maximum Gasteiger partial charge on any atom is 0.573 e. The van der Waals surface area contributed by atoms with Crippen LogP contribution in [0.3, 0.4) is 0 Å². The third kappa shape index (κ3) is 6.52. The molecule has 11 heteroatoms. The summed E-state index contributed by atoms with van der Waals surface area (Å²) >= 11 is 0. The lowest BCUT2D eigenvalue weighted by Crippen LogP contribution is -2.60. The van der Waals surface area contributed by atoms with E-state index in [1.54, 1.807) is 24.9 Å². The number of hydrogen-bond acceptors (Lipinski definition) is 7. The number of nitrogens with zero attached hydrogens (tertiary/aromatic N) is 5. The van der Waals surface area contributed by atoms with Crippen LogP contribution in [0.1, 0.15) is 27.7 Å². The molecule has 0 bridgehead atoms. The van der Waals surface area contributed by atoms with Gasteiger partial charge in [-0.25, -0.2) is 4.68 Å². The molecule has 8 nitrogen and oxygen atoms in total. The largest absolute Gasteiger partial charge is 0.573 e. The number of aryl methyl sites for hydroxylation is 1. The summed E-state index contributed by atoms with van der Waals surface area (Å²) in [5.74, 6) is 1.47. The second-order valence-corrected chi connectivity index (χ2v) is 8.64. The van der Waals surface area contributed by atoms with Gasteiger partial charge in [-0.1, -0.05) is 19.9 Å². The number of rotatable bonds is 6. The number of nitrogens with one attached hydrogen (secondary N) is 1. The lowest BCUT2D eigenvalue weighted by molar-refractivity contribution is -0.274. The second-order valence-electron chi connectivity index (χ2n) is 8.64. The Balaban J connectivity index is 0.00000176. The summed E-state index contributed by atoms with van der Waals surface area (Å²) in [4.78, 5) is 9.04. The predicted octanol–water partition coefficient (Wildman–Crippen LogP) is 5.60. The maximum atomic E-state index is 12.5. The van der Waals surface area contributed by atoms with Crippen molar-refractivity contribution in [3.63, 3.8) is 0 Å². The van der Waals surface area contributed by atoms with Crippen molar-refractivity contribution < 1.29 is 22.6 Å². The van der Waals surface area contributed by atoms with E-state index in [-0.39, 0.29) is 11.3 Å². The van der Waals surface area contributed by atoms with Gasteiger partial charge in [-0.05, 0) is 50.2 Å². The van der Waals surface area contributed by atoms with Crippen LogP contribution in [0, 0.1) is 0 Å². The first kappa shape index (κ1) is 27.0. The van der Waals surface area contributed by atoms with Crippen LogP contribution in [-0.2, 0) is 7.05 Å². The van der Waals surface area contributed by atoms with E-state index in [0.29, 0.717) is 30.7 Å². The smallest absolute Gasteiger partial charge is 0.497 e. The fraction of sp³-hybridized carbons (Fsp3) is 0.440. The molecule has 196 valence electrons. The van der Waals surface area contributed by atoms with Gasteiger partial charge in [-0.15, -0.1) is 18.3 Å². The lowest BCUT2D eigenvalue weighted by Gasteiger charge is -2.48. The minimum Gasteiger partial charge on any atom is -0.497 e. The Bertz CT molecular complexity index is 1130. The molecule has 4 rings (SSSR count). The average molecular weight is 507 g/mol. The Morgan fingerprint density at radius 1 is 1.00 bits per heavy atom. The molecule has 3 aromatic rings. The number of methoxy groups -OCH3 is 1. The van der Waals surface area contributed by atoms with Crippen LogP contribution in [-0.4, -0.2) is 53.4 Å². The normalized spacial score (nSPS) is 15.1. The predicted molar refractivity (Wildman–Crippen MR) is 135 cm³/mol. The Morgan fingerprint density at radius 2 is 1.69 bits per heavy atom. The third-order valence-corrected chi connectivity index (χ3v) is 5.64. The van der Waals surface area contributed by atoms with E-state index in [2.05, 4.69) is 43.8 Å². The van der Waals surface area contributed by atoms with Gasteiger partial charge in [0.05, 0.1) is 12.6 Å². The molecule has 1 aliphatic heterocycles. The number of piperazine rings is 1. The van der Waals surface area contributed by atoms with Crippen LogP contribution in [0.25, 0.3) is 0 Å². The minimum absolute atomic E-state index is 0.192. The summed E-state index contributed by atoms with van der Waals surface area (Å²) in [6, 6.07) is 13.6. The van der Waals surface area contributed by atoms with Gasteiger partial charge in [-0.2, -0.15) is 4.98 Å².